The molecule has 1 fully saturated rings. The molecule has 0 unspecified atom stereocenters. The van der Waals surface area contributed by atoms with Crippen LogP contribution in [0.2, 0.25) is 0 Å². The summed E-state index contributed by atoms with van der Waals surface area (Å²) >= 11 is 0. The minimum Gasteiger partial charge on any atom is -0.207 e. The maximum absolute atomic E-state index is 12.7. The lowest BCUT2D eigenvalue weighted by atomic mass is 9.83. The summed E-state index contributed by atoms with van der Waals surface area (Å²) in [6, 6.07) is 6.42. The molecule has 0 aliphatic heterocycles. The van der Waals surface area contributed by atoms with E-state index in [1.165, 1.54) is 37.8 Å². The Bertz CT molecular complexity index is 386. The van der Waals surface area contributed by atoms with Gasteiger partial charge in [-0.1, -0.05) is 18.8 Å². The molecule has 0 atom stereocenters. The summed E-state index contributed by atoms with van der Waals surface area (Å²) in [6.45, 7) is 2.31. The highest BCUT2D eigenvalue weighted by molar-refractivity contribution is 5.34. The van der Waals surface area contributed by atoms with Crippen molar-refractivity contribution in [2.75, 3.05) is 0 Å². The van der Waals surface area contributed by atoms with E-state index in [1.54, 1.807) is 12.1 Å². The third-order valence-corrected chi connectivity index (χ3v) is 3.28. The second-order valence-electron chi connectivity index (χ2n) is 4.73. The molecule has 1 aliphatic carbocycles. The average Bonchev–Trinajstić information content (AvgIpc) is 2.30. The van der Waals surface area contributed by atoms with Crippen LogP contribution in [0.1, 0.15) is 38.2 Å². The second kappa shape index (κ2) is 5.16. The van der Waals surface area contributed by atoms with Crippen LogP contribution in [-0.2, 0) is 0 Å². The van der Waals surface area contributed by atoms with Gasteiger partial charge in [-0.15, -0.1) is 0 Å². The van der Waals surface area contributed by atoms with Crippen molar-refractivity contribution in [3.8, 4) is 11.8 Å². The van der Waals surface area contributed by atoms with Crippen LogP contribution < -0.4 is 0 Å². The van der Waals surface area contributed by atoms with E-state index in [4.69, 9.17) is 0 Å². The molecule has 0 saturated heterocycles. The third kappa shape index (κ3) is 3.10. The zero-order chi connectivity index (χ0) is 11.4. The van der Waals surface area contributed by atoms with Crippen LogP contribution >= 0.6 is 0 Å². The van der Waals surface area contributed by atoms with Crippen LogP contribution in [0.5, 0.6) is 0 Å². The second-order valence-corrected chi connectivity index (χ2v) is 4.73. The number of rotatable bonds is 0. The highest BCUT2D eigenvalue weighted by Gasteiger charge is 2.15. The van der Waals surface area contributed by atoms with Crippen LogP contribution in [0, 0.1) is 29.5 Å². The molecule has 0 aromatic heterocycles. The van der Waals surface area contributed by atoms with Gasteiger partial charge in [-0.25, -0.2) is 4.39 Å². The first kappa shape index (κ1) is 11.2. The van der Waals surface area contributed by atoms with Gasteiger partial charge in [-0.05, 0) is 55.9 Å². The summed E-state index contributed by atoms with van der Waals surface area (Å²) in [5, 5.41) is 0. The predicted octanol–water partition coefficient (Wildman–Crippen LogP) is 4.00. The fraction of sp³-hybridized carbons (Fsp3) is 0.467. The molecule has 0 heterocycles. The molecule has 1 saturated carbocycles. The van der Waals surface area contributed by atoms with Crippen LogP contribution in [0.4, 0.5) is 4.39 Å². The maximum Gasteiger partial charge on any atom is 0.123 e. The van der Waals surface area contributed by atoms with Crippen molar-refractivity contribution in [2.45, 2.75) is 32.6 Å². The van der Waals surface area contributed by atoms with Gasteiger partial charge in [0.25, 0.3) is 0 Å². The van der Waals surface area contributed by atoms with Gasteiger partial charge in [0.2, 0.25) is 0 Å². The van der Waals surface area contributed by atoms with Gasteiger partial charge in [0.1, 0.15) is 5.82 Å². The summed E-state index contributed by atoms with van der Waals surface area (Å²) < 4.78 is 12.7. The highest BCUT2D eigenvalue weighted by Crippen LogP contribution is 2.27. The van der Waals surface area contributed by atoms with E-state index < -0.39 is 0 Å². The molecule has 1 aliphatic rings. The number of benzene rings is 1. The fourth-order valence-electron chi connectivity index (χ4n) is 2.12. The van der Waals surface area contributed by atoms with Crippen molar-refractivity contribution in [1.82, 2.24) is 0 Å². The normalized spacial score (nSPS) is 24.6. The van der Waals surface area contributed by atoms with Gasteiger partial charge in [-0.2, -0.15) is 0 Å². The quantitative estimate of drug-likeness (QED) is 0.575. The monoisotopic (exact) mass is 216 g/mol. The van der Waals surface area contributed by atoms with Crippen molar-refractivity contribution < 1.29 is 4.39 Å². The Morgan fingerprint density at radius 1 is 1.06 bits per heavy atom. The van der Waals surface area contributed by atoms with E-state index in [0.717, 1.165) is 11.5 Å². The van der Waals surface area contributed by atoms with Gasteiger partial charge in [-0.3, -0.25) is 0 Å². The third-order valence-electron chi connectivity index (χ3n) is 3.28. The lowest BCUT2D eigenvalue weighted by molar-refractivity contribution is 0.337. The summed E-state index contributed by atoms with van der Waals surface area (Å²) in [5.41, 5.74) is 0.917. The molecule has 0 bridgehead atoms. The molecule has 16 heavy (non-hydrogen) atoms. The van der Waals surface area contributed by atoms with Gasteiger partial charge in [0.15, 0.2) is 0 Å². The van der Waals surface area contributed by atoms with Crippen molar-refractivity contribution in [3.05, 3.63) is 35.6 Å². The van der Waals surface area contributed by atoms with Gasteiger partial charge < -0.3 is 0 Å². The molecular weight excluding hydrogens is 199 g/mol. The topological polar surface area (TPSA) is 0 Å². The van der Waals surface area contributed by atoms with Crippen LogP contribution in [0.25, 0.3) is 0 Å². The van der Waals surface area contributed by atoms with Gasteiger partial charge in [0.05, 0.1) is 0 Å². The predicted molar refractivity (Wildman–Crippen MR) is 64.4 cm³/mol. The lowest BCUT2D eigenvalue weighted by Crippen LogP contribution is -2.10. The van der Waals surface area contributed by atoms with E-state index in [0.29, 0.717) is 5.92 Å². The summed E-state index contributed by atoms with van der Waals surface area (Å²) in [7, 11) is 0. The Morgan fingerprint density at radius 3 is 2.31 bits per heavy atom. The Kier molecular flexibility index (Phi) is 3.62. The number of hydrogen-bond acceptors (Lipinski definition) is 0. The first-order chi connectivity index (χ1) is 7.74. The molecule has 84 valence electrons. The Morgan fingerprint density at radius 2 is 1.69 bits per heavy atom. The zero-order valence-electron chi connectivity index (χ0n) is 9.67. The lowest BCUT2D eigenvalue weighted by Gasteiger charge is -2.21. The largest absolute Gasteiger partial charge is 0.207 e. The molecule has 0 amide bonds. The molecule has 0 N–H and O–H groups in total. The van der Waals surface area contributed by atoms with E-state index in [1.807, 2.05) is 0 Å². The fourth-order valence-corrected chi connectivity index (χ4v) is 2.12. The average molecular weight is 216 g/mol. The molecular formula is C15H17F. The zero-order valence-corrected chi connectivity index (χ0v) is 9.67. The number of hydrogen-bond donors (Lipinski definition) is 0. The smallest absolute Gasteiger partial charge is 0.123 e. The first-order valence-electron chi connectivity index (χ1n) is 6.01. The molecule has 2 rings (SSSR count). The van der Waals surface area contributed by atoms with Gasteiger partial charge in [0, 0.05) is 11.5 Å². The van der Waals surface area contributed by atoms with E-state index in [9.17, 15) is 4.39 Å². The number of halogens is 1. The summed E-state index contributed by atoms with van der Waals surface area (Å²) in [6.07, 6.45) is 5.02. The Hall–Kier alpha value is -1.29. The SMILES string of the molecule is C[C@H]1CC[C@H](C#Cc2ccc(F)cc2)CC1. The van der Waals surface area contributed by atoms with Crippen LogP contribution in [-0.4, -0.2) is 0 Å². The molecule has 1 aromatic carbocycles. The highest BCUT2D eigenvalue weighted by atomic mass is 19.1. The minimum atomic E-state index is -0.197. The molecule has 1 heteroatoms. The molecule has 1 aromatic rings. The van der Waals surface area contributed by atoms with Crippen molar-refractivity contribution in [2.24, 2.45) is 11.8 Å². The first-order valence-corrected chi connectivity index (χ1v) is 6.01. The van der Waals surface area contributed by atoms with Crippen LogP contribution in [0.3, 0.4) is 0 Å². The maximum atomic E-state index is 12.7. The van der Waals surface area contributed by atoms with Gasteiger partial charge >= 0.3 is 0 Å². The molecule has 0 spiro atoms. The Labute approximate surface area is 96.9 Å². The van der Waals surface area contributed by atoms with Crippen LogP contribution in [0.15, 0.2) is 24.3 Å². The molecule has 0 radical (unpaired) electrons. The Balaban J connectivity index is 1.96. The van der Waals surface area contributed by atoms with E-state index >= 15 is 0 Å². The van der Waals surface area contributed by atoms with Crippen molar-refractivity contribution >= 4 is 0 Å². The van der Waals surface area contributed by atoms with E-state index in [2.05, 4.69) is 18.8 Å². The summed E-state index contributed by atoms with van der Waals surface area (Å²) in [4.78, 5) is 0. The minimum absolute atomic E-state index is 0.197. The molecule has 0 nitrogen and oxygen atoms in total. The standard InChI is InChI=1S/C15H17F/c1-12-2-4-13(5-3-12)6-7-14-8-10-15(16)11-9-14/h8-13H,2-5H2,1H3/t12-,13-. The summed E-state index contributed by atoms with van der Waals surface area (Å²) in [5.74, 6) is 7.66. The van der Waals surface area contributed by atoms with Crippen molar-refractivity contribution in [1.29, 1.82) is 0 Å². The van der Waals surface area contributed by atoms with E-state index in [-0.39, 0.29) is 5.82 Å². The van der Waals surface area contributed by atoms with Crippen molar-refractivity contribution in [3.63, 3.8) is 0 Å².